The second kappa shape index (κ2) is 7.92. The van der Waals surface area contributed by atoms with E-state index in [2.05, 4.69) is 15.5 Å². The third-order valence-electron chi connectivity index (χ3n) is 3.64. The molecule has 26 heavy (non-hydrogen) atoms. The van der Waals surface area contributed by atoms with Crippen LogP contribution in [0.4, 0.5) is 5.69 Å². The Balaban J connectivity index is 1.69. The quantitative estimate of drug-likeness (QED) is 0.718. The predicted molar refractivity (Wildman–Crippen MR) is 99.1 cm³/mol. The molecule has 0 unspecified atom stereocenters. The van der Waals surface area contributed by atoms with Gasteiger partial charge in [0, 0.05) is 23.2 Å². The molecule has 7 nitrogen and oxygen atoms in total. The Morgan fingerprint density at radius 1 is 1.08 bits per heavy atom. The van der Waals surface area contributed by atoms with Crippen molar-refractivity contribution >= 4 is 23.4 Å². The van der Waals surface area contributed by atoms with Crippen molar-refractivity contribution in [2.45, 2.75) is 10.1 Å². The first kappa shape index (κ1) is 17.8. The van der Waals surface area contributed by atoms with Gasteiger partial charge >= 0.3 is 0 Å². The maximum atomic E-state index is 12.4. The molecule has 3 rings (SSSR count). The van der Waals surface area contributed by atoms with Gasteiger partial charge in [-0.1, -0.05) is 0 Å². The topological polar surface area (TPSA) is 78.3 Å². The minimum absolute atomic E-state index is 0.223. The van der Waals surface area contributed by atoms with Crippen LogP contribution in [0.25, 0.3) is 0 Å². The molecule has 0 aliphatic carbocycles. The number of carbonyl (C=O) groups excluding carboxylic acids is 1. The summed E-state index contributed by atoms with van der Waals surface area (Å²) in [6.07, 6.45) is 1.65. The fourth-order valence-electron chi connectivity index (χ4n) is 2.26. The van der Waals surface area contributed by atoms with E-state index in [0.717, 1.165) is 10.1 Å². The molecule has 0 atom stereocenters. The minimum atomic E-state index is -0.223. The van der Waals surface area contributed by atoms with E-state index in [0.29, 0.717) is 22.7 Å². The van der Waals surface area contributed by atoms with Gasteiger partial charge in [-0.2, -0.15) is 0 Å². The molecular formula is C18H18N4O3S. The van der Waals surface area contributed by atoms with Crippen molar-refractivity contribution in [1.29, 1.82) is 0 Å². The molecule has 0 aliphatic rings. The number of amides is 1. The summed E-state index contributed by atoms with van der Waals surface area (Å²) in [6.45, 7) is 0. The lowest BCUT2D eigenvalue weighted by Crippen LogP contribution is -2.12. The molecule has 1 N–H and O–H groups in total. The van der Waals surface area contributed by atoms with Gasteiger partial charge in [0.25, 0.3) is 5.91 Å². The fraction of sp³-hybridized carbons (Fsp3) is 0.167. The second-order valence-electron chi connectivity index (χ2n) is 5.37. The van der Waals surface area contributed by atoms with Crippen molar-refractivity contribution in [1.82, 2.24) is 14.8 Å². The molecule has 0 radical (unpaired) electrons. The Morgan fingerprint density at radius 2 is 1.81 bits per heavy atom. The van der Waals surface area contributed by atoms with E-state index < -0.39 is 0 Å². The average Bonchev–Trinajstić information content (AvgIpc) is 3.07. The summed E-state index contributed by atoms with van der Waals surface area (Å²) in [6, 6.07) is 12.6. The maximum Gasteiger partial charge on any atom is 0.255 e. The van der Waals surface area contributed by atoms with E-state index in [1.165, 1.54) is 18.9 Å². The van der Waals surface area contributed by atoms with Gasteiger partial charge in [0.15, 0.2) is 16.7 Å². The van der Waals surface area contributed by atoms with Gasteiger partial charge in [-0.3, -0.25) is 4.79 Å². The van der Waals surface area contributed by atoms with Crippen LogP contribution in [0, 0.1) is 0 Å². The van der Waals surface area contributed by atoms with Crippen molar-refractivity contribution in [3.8, 4) is 11.5 Å². The number of nitrogens with zero attached hydrogens (tertiary/aromatic N) is 3. The molecule has 0 saturated carbocycles. The monoisotopic (exact) mass is 370 g/mol. The molecule has 0 bridgehead atoms. The second-order valence-corrected chi connectivity index (χ2v) is 6.42. The number of rotatable bonds is 6. The van der Waals surface area contributed by atoms with E-state index in [-0.39, 0.29) is 5.91 Å². The highest BCUT2D eigenvalue weighted by Crippen LogP contribution is 2.29. The number of nitrogens with one attached hydrogen (secondary N) is 1. The average molecular weight is 370 g/mol. The summed E-state index contributed by atoms with van der Waals surface area (Å²) in [5.41, 5.74) is 1.19. The Kier molecular flexibility index (Phi) is 5.43. The number of hydrogen-bond donors (Lipinski definition) is 1. The minimum Gasteiger partial charge on any atom is -0.493 e. The van der Waals surface area contributed by atoms with Crippen LogP contribution in [0.1, 0.15) is 10.4 Å². The number of hydrogen-bond acceptors (Lipinski definition) is 6. The number of methoxy groups -OCH3 is 2. The van der Waals surface area contributed by atoms with Crippen LogP contribution in [0.3, 0.4) is 0 Å². The number of carbonyl (C=O) groups is 1. The Morgan fingerprint density at radius 3 is 2.42 bits per heavy atom. The highest BCUT2D eigenvalue weighted by molar-refractivity contribution is 7.99. The van der Waals surface area contributed by atoms with Gasteiger partial charge in [0.1, 0.15) is 6.33 Å². The summed E-state index contributed by atoms with van der Waals surface area (Å²) in [5.74, 6) is 0.865. The standard InChI is InChI=1S/C18H18N4O3S/c1-22-11-19-21-18(22)26-14-7-5-13(6-8-14)20-17(23)12-4-9-15(24-2)16(10-12)25-3/h4-11H,1-3H3,(H,20,23). The van der Waals surface area contributed by atoms with Crippen molar-refractivity contribution < 1.29 is 14.3 Å². The Bertz CT molecular complexity index is 909. The largest absolute Gasteiger partial charge is 0.493 e. The van der Waals surface area contributed by atoms with Crippen LogP contribution in [0.5, 0.6) is 11.5 Å². The first-order valence-electron chi connectivity index (χ1n) is 7.76. The maximum absolute atomic E-state index is 12.4. The molecule has 1 amide bonds. The van der Waals surface area contributed by atoms with Crippen molar-refractivity contribution in [3.05, 3.63) is 54.4 Å². The fourth-order valence-corrected chi connectivity index (χ4v) is 3.02. The zero-order chi connectivity index (χ0) is 18.5. The van der Waals surface area contributed by atoms with E-state index >= 15 is 0 Å². The zero-order valence-electron chi connectivity index (χ0n) is 14.6. The molecule has 1 heterocycles. The molecule has 0 fully saturated rings. The number of benzene rings is 2. The summed E-state index contributed by atoms with van der Waals surface area (Å²) in [5, 5.41) is 11.6. The van der Waals surface area contributed by atoms with E-state index in [1.54, 1.807) is 31.6 Å². The van der Waals surface area contributed by atoms with Crippen molar-refractivity contribution in [2.75, 3.05) is 19.5 Å². The molecule has 8 heteroatoms. The van der Waals surface area contributed by atoms with Crippen LogP contribution >= 0.6 is 11.8 Å². The van der Waals surface area contributed by atoms with E-state index in [1.807, 2.05) is 35.9 Å². The van der Waals surface area contributed by atoms with Gasteiger partial charge in [0.05, 0.1) is 14.2 Å². The molecule has 0 saturated heterocycles. The van der Waals surface area contributed by atoms with Crippen molar-refractivity contribution in [2.24, 2.45) is 7.05 Å². The lowest BCUT2D eigenvalue weighted by Gasteiger charge is -2.10. The summed E-state index contributed by atoms with van der Waals surface area (Å²) in [7, 11) is 4.98. The molecule has 134 valence electrons. The van der Waals surface area contributed by atoms with Crippen molar-refractivity contribution in [3.63, 3.8) is 0 Å². The SMILES string of the molecule is COc1ccc(C(=O)Nc2ccc(Sc3nncn3C)cc2)cc1OC. The zero-order valence-corrected chi connectivity index (χ0v) is 15.4. The van der Waals surface area contributed by atoms with E-state index in [4.69, 9.17) is 9.47 Å². The third-order valence-corrected chi connectivity index (χ3v) is 4.70. The normalized spacial score (nSPS) is 10.4. The van der Waals surface area contributed by atoms with E-state index in [9.17, 15) is 4.79 Å². The van der Waals surface area contributed by atoms with Gasteiger partial charge in [0.2, 0.25) is 0 Å². The van der Waals surface area contributed by atoms with Gasteiger partial charge < -0.3 is 19.4 Å². The third kappa shape index (κ3) is 3.97. The summed E-state index contributed by atoms with van der Waals surface area (Å²) in [4.78, 5) is 13.4. The smallest absolute Gasteiger partial charge is 0.255 e. The molecule has 0 aliphatic heterocycles. The number of ether oxygens (including phenoxy) is 2. The summed E-state index contributed by atoms with van der Waals surface area (Å²) >= 11 is 1.50. The van der Waals surface area contributed by atoms with Gasteiger partial charge in [-0.25, -0.2) is 0 Å². The summed E-state index contributed by atoms with van der Waals surface area (Å²) < 4.78 is 12.3. The lowest BCUT2D eigenvalue weighted by molar-refractivity contribution is 0.102. The molecule has 1 aromatic heterocycles. The molecule has 0 spiro atoms. The predicted octanol–water partition coefficient (Wildman–Crippen LogP) is 3.24. The first-order valence-corrected chi connectivity index (χ1v) is 8.57. The lowest BCUT2D eigenvalue weighted by atomic mass is 10.2. The molecule has 2 aromatic carbocycles. The van der Waals surface area contributed by atoms with Gasteiger partial charge in [-0.05, 0) is 54.2 Å². The Hall–Kier alpha value is -3.00. The van der Waals surface area contributed by atoms with Crippen LogP contribution in [0.15, 0.2) is 58.8 Å². The van der Waals surface area contributed by atoms with Crippen LogP contribution in [0.2, 0.25) is 0 Å². The highest BCUT2D eigenvalue weighted by atomic mass is 32.2. The number of aryl methyl sites for hydroxylation is 1. The first-order chi connectivity index (χ1) is 12.6. The molecule has 3 aromatic rings. The Labute approximate surface area is 155 Å². The number of anilines is 1. The van der Waals surface area contributed by atoms with Crippen LogP contribution in [-0.2, 0) is 7.05 Å². The number of aromatic nitrogens is 3. The van der Waals surface area contributed by atoms with Gasteiger partial charge in [-0.15, -0.1) is 10.2 Å². The van der Waals surface area contributed by atoms with Crippen LogP contribution in [-0.4, -0.2) is 34.9 Å². The molecular weight excluding hydrogens is 352 g/mol. The highest BCUT2D eigenvalue weighted by Gasteiger charge is 2.11. The van der Waals surface area contributed by atoms with Crippen LogP contribution < -0.4 is 14.8 Å².